The highest BCUT2D eigenvalue weighted by Crippen LogP contribution is 2.11. The van der Waals surface area contributed by atoms with E-state index in [1.165, 1.54) is 6.07 Å². The zero-order chi connectivity index (χ0) is 10.0. The number of nitrogens with one attached hydrogen (secondary N) is 1. The number of halogens is 1. The summed E-state index contributed by atoms with van der Waals surface area (Å²) in [6.07, 6.45) is 0. The summed E-state index contributed by atoms with van der Waals surface area (Å²) in [5.41, 5.74) is 4.75. The monoisotopic (exact) mass is 246 g/mol. The molecule has 13 heavy (non-hydrogen) atoms. The van der Waals surface area contributed by atoms with Gasteiger partial charge in [0.1, 0.15) is 5.69 Å². The predicted octanol–water partition coefficient (Wildman–Crippen LogP) is -0.578. The van der Waals surface area contributed by atoms with E-state index in [0.717, 1.165) is 0 Å². The molecule has 0 aliphatic rings. The Bertz CT molecular complexity index is 412. The summed E-state index contributed by atoms with van der Waals surface area (Å²) in [5.74, 6) is 4.24. The van der Waals surface area contributed by atoms with Crippen LogP contribution in [-0.2, 0) is 0 Å². The molecule has 1 rings (SSSR count). The van der Waals surface area contributed by atoms with Crippen LogP contribution in [0.25, 0.3) is 0 Å². The molecule has 7 heteroatoms. The van der Waals surface area contributed by atoms with Crippen molar-refractivity contribution >= 4 is 21.8 Å². The maximum Gasteiger partial charge on any atom is 0.225 e. The van der Waals surface area contributed by atoms with Crippen molar-refractivity contribution in [2.75, 3.05) is 0 Å². The molecule has 0 radical (unpaired) electrons. The van der Waals surface area contributed by atoms with Crippen molar-refractivity contribution in [3.8, 4) is 5.75 Å². The van der Waals surface area contributed by atoms with Gasteiger partial charge in [0.05, 0.1) is 4.60 Å². The van der Waals surface area contributed by atoms with Gasteiger partial charge in [-0.1, -0.05) is 0 Å². The molecule has 0 atom stereocenters. The first kappa shape index (κ1) is 9.59. The van der Waals surface area contributed by atoms with Crippen LogP contribution in [0.5, 0.6) is 5.75 Å². The fourth-order valence-corrected chi connectivity index (χ4v) is 1.18. The zero-order valence-electron chi connectivity index (χ0n) is 6.41. The molecule has 0 amide bonds. The predicted molar refractivity (Wildman–Crippen MR) is 51.3 cm³/mol. The number of nitrogens with zero attached hydrogens (tertiary/aromatic N) is 1. The minimum Gasteiger partial charge on any atom is -0.503 e. The lowest BCUT2D eigenvalue weighted by Crippen LogP contribution is -2.20. The van der Waals surface area contributed by atoms with Crippen LogP contribution in [0.3, 0.4) is 0 Å². The molecule has 6 nitrogen and oxygen atoms in total. The van der Waals surface area contributed by atoms with E-state index in [1.54, 1.807) is 0 Å². The van der Waals surface area contributed by atoms with Gasteiger partial charge in [-0.15, -0.1) is 0 Å². The quantitative estimate of drug-likeness (QED) is 0.174. The van der Waals surface area contributed by atoms with Crippen molar-refractivity contribution in [2.45, 2.75) is 0 Å². The van der Waals surface area contributed by atoms with E-state index in [9.17, 15) is 9.90 Å². The highest BCUT2D eigenvalue weighted by atomic mass is 79.9. The van der Waals surface area contributed by atoms with E-state index in [4.69, 9.17) is 11.6 Å². The van der Waals surface area contributed by atoms with Crippen molar-refractivity contribution in [1.82, 2.24) is 4.98 Å². The van der Waals surface area contributed by atoms with Crippen molar-refractivity contribution in [1.29, 1.82) is 0 Å². The highest BCUT2D eigenvalue weighted by molar-refractivity contribution is 9.10. The minimum atomic E-state index is -0.563. The van der Waals surface area contributed by atoms with Crippen LogP contribution in [0.1, 0.15) is 5.69 Å². The molecule has 70 valence electrons. The number of rotatable bonds is 1. The second-order valence-electron chi connectivity index (χ2n) is 2.22. The number of hydrogen-bond donors (Lipinski definition) is 4. The molecular weight excluding hydrogens is 240 g/mol. The summed E-state index contributed by atoms with van der Waals surface area (Å²) in [6.45, 7) is 0. The third-order valence-electron chi connectivity index (χ3n) is 1.37. The fourth-order valence-electron chi connectivity index (χ4n) is 0.771. The van der Waals surface area contributed by atoms with E-state index in [-0.39, 0.29) is 11.5 Å². The molecule has 0 aromatic carbocycles. The average molecular weight is 247 g/mol. The topological polar surface area (TPSA) is 117 Å². The molecule has 1 aromatic rings. The van der Waals surface area contributed by atoms with E-state index in [1.807, 2.05) is 0 Å². The largest absolute Gasteiger partial charge is 0.503 e. The number of amidine groups is 1. The van der Waals surface area contributed by atoms with Gasteiger partial charge in [0, 0.05) is 6.07 Å². The van der Waals surface area contributed by atoms with Crippen molar-refractivity contribution < 1.29 is 5.11 Å². The van der Waals surface area contributed by atoms with Gasteiger partial charge < -0.3 is 21.7 Å². The molecular formula is C6H7BrN4O2. The standard InChI is InChI=1S/C6H7BrN4O2/c7-3-1-2(12)5(13)4(10-3)6(8)11-9/h1,13H,9H2,(H2,8,11)(H,10,12). The summed E-state index contributed by atoms with van der Waals surface area (Å²) in [6, 6.07) is 1.17. The lowest BCUT2D eigenvalue weighted by atomic mass is 10.3. The number of aromatic hydroxyl groups is 1. The Labute approximate surface area is 81.4 Å². The Kier molecular flexibility index (Phi) is 2.57. The Balaban J connectivity index is 3.46. The number of nitrogens with two attached hydrogens (primary N) is 2. The van der Waals surface area contributed by atoms with E-state index in [0.29, 0.717) is 4.60 Å². The number of aromatic amines is 1. The SMILES string of the molecule is N/N=C(\N)c1[nH]c(Br)cc(=O)c1O. The van der Waals surface area contributed by atoms with Crippen molar-refractivity contribution in [3.05, 3.63) is 26.6 Å². The third-order valence-corrected chi connectivity index (χ3v) is 1.79. The van der Waals surface area contributed by atoms with Crippen LogP contribution in [0.2, 0.25) is 0 Å². The number of aromatic nitrogens is 1. The molecule has 1 heterocycles. The van der Waals surface area contributed by atoms with Gasteiger partial charge in [0.15, 0.2) is 11.6 Å². The Morgan fingerprint density at radius 3 is 2.85 bits per heavy atom. The molecule has 0 bridgehead atoms. The Morgan fingerprint density at radius 2 is 2.31 bits per heavy atom. The first-order chi connectivity index (χ1) is 6.06. The van der Waals surface area contributed by atoms with Gasteiger partial charge >= 0.3 is 0 Å². The first-order valence-electron chi connectivity index (χ1n) is 3.21. The maximum absolute atomic E-state index is 11.0. The van der Waals surface area contributed by atoms with Gasteiger partial charge in [0.2, 0.25) is 5.43 Å². The summed E-state index contributed by atoms with van der Waals surface area (Å²) < 4.78 is 0.386. The number of H-pyrrole nitrogens is 1. The van der Waals surface area contributed by atoms with Gasteiger partial charge in [-0.2, -0.15) is 5.10 Å². The lowest BCUT2D eigenvalue weighted by molar-refractivity contribution is 0.465. The van der Waals surface area contributed by atoms with Crippen molar-refractivity contribution in [2.24, 2.45) is 16.7 Å². The van der Waals surface area contributed by atoms with Gasteiger partial charge in [-0.3, -0.25) is 4.79 Å². The van der Waals surface area contributed by atoms with E-state index in [2.05, 4.69) is 26.0 Å². The summed E-state index contributed by atoms with van der Waals surface area (Å²) in [7, 11) is 0. The van der Waals surface area contributed by atoms with Gasteiger partial charge in [0.25, 0.3) is 0 Å². The lowest BCUT2D eigenvalue weighted by Gasteiger charge is -2.02. The third kappa shape index (κ3) is 1.81. The molecule has 6 N–H and O–H groups in total. The van der Waals surface area contributed by atoms with Crippen LogP contribution < -0.4 is 17.0 Å². The maximum atomic E-state index is 11.0. The molecule has 0 saturated carbocycles. The minimum absolute atomic E-state index is 0.00174. The van der Waals surface area contributed by atoms with Crippen LogP contribution in [0, 0.1) is 0 Å². The normalized spacial score (nSPS) is 11.6. The van der Waals surface area contributed by atoms with Crippen LogP contribution in [0.4, 0.5) is 0 Å². The second kappa shape index (κ2) is 3.48. The van der Waals surface area contributed by atoms with Crippen LogP contribution in [-0.4, -0.2) is 15.9 Å². The molecule has 0 aliphatic heterocycles. The molecule has 0 spiro atoms. The molecule has 0 fully saturated rings. The summed E-state index contributed by atoms with van der Waals surface area (Å²) >= 11 is 3.03. The second-order valence-corrected chi connectivity index (χ2v) is 3.07. The number of hydrazone groups is 1. The Hall–Kier alpha value is -1.50. The summed E-state index contributed by atoms with van der Waals surface area (Å²) in [5, 5.41) is 12.4. The number of pyridine rings is 1. The Morgan fingerprint density at radius 1 is 1.69 bits per heavy atom. The zero-order valence-corrected chi connectivity index (χ0v) is 8.00. The number of hydrogen-bond acceptors (Lipinski definition) is 4. The fraction of sp³-hybridized carbons (Fsp3) is 0. The highest BCUT2D eigenvalue weighted by Gasteiger charge is 2.10. The van der Waals surface area contributed by atoms with E-state index < -0.39 is 11.2 Å². The van der Waals surface area contributed by atoms with Gasteiger partial charge in [-0.05, 0) is 15.9 Å². The smallest absolute Gasteiger partial charge is 0.225 e. The molecule has 1 aromatic heterocycles. The van der Waals surface area contributed by atoms with Crippen molar-refractivity contribution in [3.63, 3.8) is 0 Å². The van der Waals surface area contributed by atoms with Gasteiger partial charge in [-0.25, -0.2) is 0 Å². The average Bonchev–Trinajstić information content (AvgIpc) is 2.10. The van der Waals surface area contributed by atoms with Crippen LogP contribution in [0.15, 0.2) is 20.6 Å². The molecule has 0 aliphatic carbocycles. The van der Waals surface area contributed by atoms with Crippen LogP contribution >= 0.6 is 15.9 Å². The van der Waals surface area contributed by atoms with E-state index >= 15 is 0 Å². The first-order valence-corrected chi connectivity index (χ1v) is 4.01. The summed E-state index contributed by atoms with van der Waals surface area (Å²) in [4.78, 5) is 13.6. The molecule has 0 unspecified atom stereocenters. The molecule has 0 saturated heterocycles.